The lowest BCUT2D eigenvalue weighted by Crippen LogP contribution is -2.65. The molecule has 2 aliphatic heterocycles. The molecule has 6 fully saturated rings. The molecule has 12 nitrogen and oxygen atoms in total. The SMILES string of the molecule is COC(=O)[C@]1(SC23CC4CC(CC(C4)C2)C3)C[C@@H]2OC(=O)N[C@H]2[C@H]([C@H](OC(C)=O)[C@@H](COC(C)=O)OC(C)=O)O1. The second kappa shape index (κ2) is 11.0. The molecule has 6 atom stereocenters. The average molecular weight is 584 g/mol. The molecule has 2 saturated heterocycles. The van der Waals surface area contributed by atoms with Crippen molar-refractivity contribution in [3.63, 3.8) is 0 Å². The van der Waals surface area contributed by atoms with Crippen molar-refractivity contribution in [2.24, 2.45) is 17.8 Å². The number of esters is 4. The number of hydrogen-bond acceptors (Lipinski definition) is 12. The molecule has 40 heavy (non-hydrogen) atoms. The summed E-state index contributed by atoms with van der Waals surface area (Å²) in [6, 6.07) is -0.845. The first-order chi connectivity index (χ1) is 18.9. The fourth-order valence-electron chi connectivity index (χ4n) is 7.87. The van der Waals surface area contributed by atoms with Crippen molar-refractivity contribution in [3.05, 3.63) is 0 Å². The Hall–Kier alpha value is -2.54. The highest BCUT2D eigenvalue weighted by Crippen LogP contribution is 2.64. The number of fused-ring (bicyclic) bond motifs is 1. The van der Waals surface area contributed by atoms with Gasteiger partial charge in [0.2, 0.25) is 4.93 Å². The molecule has 4 saturated carbocycles. The van der Waals surface area contributed by atoms with Gasteiger partial charge in [-0.3, -0.25) is 14.4 Å². The molecule has 0 spiro atoms. The Kier molecular flexibility index (Phi) is 7.99. The van der Waals surface area contributed by atoms with Crippen molar-refractivity contribution < 1.29 is 52.4 Å². The van der Waals surface area contributed by atoms with Crippen LogP contribution >= 0.6 is 11.8 Å². The minimum atomic E-state index is -1.58. The van der Waals surface area contributed by atoms with Gasteiger partial charge in [-0.15, -0.1) is 11.8 Å². The van der Waals surface area contributed by atoms with E-state index in [4.69, 9.17) is 28.4 Å². The highest BCUT2D eigenvalue weighted by atomic mass is 32.2. The van der Waals surface area contributed by atoms with E-state index in [-0.39, 0.29) is 11.2 Å². The lowest BCUT2D eigenvalue weighted by atomic mass is 9.56. The summed E-state index contributed by atoms with van der Waals surface area (Å²) in [5.74, 6) is -0.925. The lowest BCUT2D eigenvalue weighted by Gasteiger charge is -2.58. The summed E-state index contributed by atoms with van der Waals surface area (Å²) in [6.07, 6.45) is 1.14. The van der Waals surface area contributed by atoms with Crippen LogP contribution in [0.15, 0.2) is 0 Å². The number of ether oxygens (including phenoxy) is 6. The van der Waals surface area contributed by atoms with E-state index in [2.05, 4.69) is 5.32 Å². The summed E-state index contributed by atoms with van der Waals surface area (Å²) in [4.78, 5) is 60.5. The Labute approximate surface area is 236 Å². The smallest absolute Gasteiger partial charge is 0.407 e. The summed E-state index contributed by atoms with van der Waals surface area (Å²) >= 11 is 1.44. The topological polar surface area (TPSA) is 153 Å². The Morgan fingerprint density at radius 1 is 0.950 bits per heavy atom. The lowest BCUT2D eigenvalue weighted by molar-refractivity contribution is -0.215. The maximum absolute atomic E-state index is 13.6. The van der Waals surface area contributed by atoms with E-state index in [1.165, 1.54) is 52.0 Å². The molecule has 0 unspecified atom stereocenters. The number of nitrogens with one attached hydrogen (secondary N) is 1. The van der Waals surface area contributed by atoms with Crippen LogP contribution in [-0.2, 0) is 47.6 Å². The first-order valence-corrected chi connectivity index (χ1v) is 14.6. The molecule has 0 aromatic heterocycles. The van der Waals surface area contributed by atoms with Crippen LogP contribution in [0.1, 0.15) is 65.7 Å². The number of hydrogen-bond donors (Lipinski definition) is 1. The van der Waals surface area contributed by atoms with Crippen LogP contribution in [0.5, 0.6) is 0 Å². The second-order valence-corrected chi connectivity index (χ2v) is 13.6. The predicted molar refractivity (Wildman–Crippen MR) is 138 cm³/mol. The van der Waals surface area contributed by atoms with Crippen LogP contribution in [0.4, 0.5) is 4.79 Å². The van der Waals surface area contributed by atoms with Gasteiger partial charge in [0.1, 0.15) is 18.8 Å². The molecule has 13 heteroatoms. The van der Waals surface area contributed by atoms with Gasteiger partial charge in [0.15, 0.2) is 12.2 Å². The van der Waals surface area contributed by atoms with Gasteiger partial charge < -0.3 is 33.7 Å². The summed E-state index contributed by atoms with van der Waals surface area (Å²) in [6.45, 7) is 3.09. The Balaban J connectivity index is 1.52. The van der Waals surface area contributed by atoms with Gasteiger partial charge in [0.05, 0.1) is 13.2 Å². The van der Waals surface area contributed by atoms with Crippen molar-refractivity contribution in [1.29, 1.82) is 0 Å². The van der Waals surface area contributed by atoms with E-state index in [0.717, 1.165) is 26.2 Å². The monoisotopic (exact) mass is 583 g/mol. The Morgan fingerprint density at radius 2 is 1.55 bits per heavy atom. The third-order valence-electron chi connectivity index (χ3n) is 8.71. The molecule has 6 aliphatic rings. The molecule has 0 aromatic rings. The van der Waals surface area contributed by atoms with Gasteiger partial charge >= 0.3 is 30.0 Å². The van der Waals surface area contributed by atoms with Gasteiger partial charge in [0, 0.05) is 31.9 Å². The molecule has 1 amide bonds. The van der Waals surface area contributed by atoms with E-state index < -0.39 is 72.0 Å². The first kappa shape index (κ1) is 29.0. The van der Waals surface area contributed by atoms with Gasteiger partial charge in [-0.1, -0.05) is 0 Å². The van der Waals surface area contributed by atoms with Crippen LogP contribution in [0.25, 0.3) is 0 Å². The number of methoxy groups -OCH3 is 1. The minimum Gasteiger partial charge on any atom is -0.466 e. The fraction of sp³-hybridized carbons (Fsp3) is 0.815. The molecule has 1 N–H and O–H groups in total. The third kappa shape index (κ3) is 5.77. The summed E-state index contributed by atoms with van der Waals surface area (Å²) in [5.41, 5.74) is 0. The van der Waals surface area contributed by atoms with Gasteiger partial charge in [0.25, 0.3) is 0 Å². The zero-order chi connectivity index (χ0) is 28.8. The zero-order valence-electron chi connectivity index (χ0n) is 23.2. The van der Waals surface area contributed by atoms with Crippen LogP contribution in [0, 0.1) is 17.8 Å². The molecular weight excluding hydrogens is 546 g/mol. The van der Waals surface area contributed by atoms with Gasteiger partial charge in [-0.25, -0.2) is 9.59 Å². The Morgan fingerprint density at radius 3 is 2.08 bits per heavy atom. The van der Waals surface area contributed by atoms with Crippen molar-refractivity contribution in [2.45, 2.75) is 106 Å². The molecule has 0 aromatic carbocycles. The van der Waals surface area contributed by atoms with Crippen molar-refractivity contribution >= 4 is 41.7 Å². The minimum absolute atomic E-state index is 0.0287. The Bertz CT molecular complexity index is 1030. The summed E-state index contributed by atoms with van der Waals surface area (Å²) < 4.78 is 33.5. The van der Waals surface area contributed by atoms with E-state index in [0.29, 0.717) is 17.8 Å². The highest BCUT2D eigenvalue weighted by molar-refractivity contribution is 8.02. The standard InChI is InChI=1S/C27H37NO11S/c1-13(29)35-12-20(36-14(2)30)22(37-15(3)31)23-21-19(38-25(33)28-21)11-27(39-23,24(32)34-4)40-26-8-16-5-17(9-26)7-18(6-16)10-26/h16-23H,5-12H2,1-4H3,(H,28,33)/t16?,17?,18?,19-,20+,21+,22+,23+,26?,27+/m0/s1. The van der Waals surface area contributed by atoms with Crippen LogP contribution < -0.4 is 5.32 Å². The number of rotatable bonds is 9. The molecule has 2 heterocycles. The summed E-state index contributed by atoms with van der Waals surface area (Å²) in [5, 5.41) is 2.70. The number of carbonyl (C=O) groups is 5. The van der Waals surface area contributed by atoms with Gasteiger partial charge in [-0.05, 0) is 56.3 Å². The largest absolute Gasteiger partial charge is 0.466 e. The van der Waals surface area contributed by atoms with Crippen molar-refractivity contribution in [2.75, 3.05) is 13.7 Å². The molecule has 0 radical (unpaired) electrons. The molecular formula is C27H37NO11S. The maximum atomic E-state index is 13.6. The maximum Gasteiger partial charge on any atom is 0.407 e. The van der Waals surface area contributed by atoms with E-state index >= 15 is 0 Å². The molecule has 222 valence electrons. The third-order valence-corrected chi connectivity index (χ3v) is 10.4. The number of carbonyl (C=O) groups excluding carboxylic acids is 5. The first-order valence-electron chi connectivity index (χ1n) is 13.8. The fourth-order valence-corrected chi connectivity index (χ4v) is 10.1. The van der Waals surface area contributed by atoms with Crippen LogP contribution in [-0.4, -0.2) is 83.8 Å². The normalized spacial score (nSPS) is 38.8. The number of amides is 1. The van der Waals surface area contributed by atoms with Gasteiger partial charge in [-0.2, -0.15) is 0 Å². The number of alkyl carbamates (subject to hydrolysis) is 1. The second-order valence-electron chi connectivity index (χ2n) is 11.9. The van der Waals surface area contributed by atoms with Crippen molar-refractivity contribution in [3.8, 4) is 0 Å². The average Bonchev–Trinajstić information content (AvgIpc) is 3.22. The highest BCUT2D eigenvalue weighted by Gasteiger charge is 2.64. The predicted octanol–water partition coefficient (Wildman–Crippen LogP) is 2.25. The van der Waals surface area contributed by atoms with E-state index in [1.807, 2.05) is 0 Å². The van der Waals surface area contributed by atoms with Crippen LogP contribution in [0.3, 0.4) is 0 Å². The quantitative estimate of drug-likeness (QED) is 0.313. The zero-order valence-corrected chi connectivity index (χ0v) is 24.0. The molecule has 4 bridgehead atoms. The van der Waals surface area contributed by atoms with Crippen LogP contribution in [0.2, 0.25) is 0 Å². The van der Waals surface area contributed by atoms with Crippen molar-refractivity contribution in [1.82, 2.24) is 5.32 Å². The molecule has 6 rings (SSSR count). The van der Waals surface area contributed by atoms with E-state index in [1.54, 1.807) is 0 Å². The molecule has 4 aliphatic carbocycles. The summed E-state index contributed by atoms with van der Waals surface area (Å²) in [7, 11) is 1.28. The number of thioether (sulfide) groups is 1. The van der Waals surface area contributed by atoms with E-state index in [9.17, 15) is 24.0 Å².